The largest absolute Gasteiger partial charge is 0.394 e. The van der Waals surface area contributed by atoms with E-state index in [1.54, 1.807) is 6.92 Å². The Bertz CT molecular complexity index is 1340. The zero-order valence-corrected chi connectivity index (χ0v) is 20.5. The number of aromatic nitrogens is 4. The maximum absolute atomic E-state index is 13.4. The molecule has 0 radical (unpaired) electrons. The number of hydrogen-bond donors (Lipinski definition) is 2. The van der Waals surface area contributed by atoms with Gasteiger partial charge in [-0.25, -0.2) is 26.9 Å². The molecule has 15 heteroatoms. The maximum atomic E-state index is 13.4. The topological polar surface area (TPSA) is 131 Å². The molecule has 190 valence electrons. The van der Waals surface area contributed by atoms with E-state index < -0.39 is 33.1 Å². The van der Waals surface area contributed by atoms with E-state index in [1.807, 2.05) is 11.8 Å². The fourth-order valence-corrected chi connectivity index (χ4v) is 6.20. The molecule has 3 aromatic rings. The van der Waals surface area contributed by atoms with E-state index in [0.29, 0.717) is 41.5 Å². The Morgan fingerprint density at radius 3 is 2.77 bits per heavy atom. The molecule has 0 bridgehead atoms. The summed E-state index contributed by atoms with van der Waals surface area (Å²) in [6.07, 6.45) is -0.383. The first-order valence-corrected chi connectivity index (χ1v) is 13.1. The summed E-state index contributed by atoms with van der Waals surface area (Å²) in [5.74, 6) is 0. The minimum Gasteiger partial charge on any atom is -0.394 e. The third-order valence-corrected chi connectivity index (χ3v) is 8.52. The average Bonchev–Trinajstić information content (AvgIpc) is 3.45. The molecule has 2 saturated heterocycles. The number of aliphatic hydroxyl groups excluding tert-OH is 1. The van der Waals surface area contributed by atoms with Crippen LogP contribution in [-0.2, 0) is 19.5 Å². The number of nitrogens with zero attached hydrogens (tertiary/aromatic N) is 5. The van der Waals surface area contributed by atoms with Crippen molar-refractivity contribution in [3.05, 3.63) is 23.5 Å². The van der Waals surface area contributed by atoms with Gasteiger partial charge in [-0.05, 0) is 19.9 Å². The lowest BCUT2D eigenvalue weighted by Crippen LogP contribution is -2.59. The van der Waals surface area contributed by atoms with Crippen LogP contribution < -0.4 is 9.62 Å². The molecule has 2 aliphatic rings. The molecule has 0 aliphatic carbocycles. The second-order valence-corrected chi connectivity index (χ2v) is 11.6. The van der Waals surface area contributed by atoms with E-state index in [0.717, 1.165) is 0 Å². The molecule has 3 aromatic heterocycles. The number of halogens is 2. The van der Waals surface area contributed by atoms with Gasteiger partial charge in [-0.1, -0.05) is 11.3 Å². The van der Waals surface area contributed by atoms with Crippen LogP contribution in [0.4, 0.5) is 14.5 Å². The molecule has 5 heterocycles. The molecule has 2 fully saturated rings. The first-order chi connectivity index (χ1) is 16.6. The lowest BCUT2D eigenvalue weighted by molar-refractivity contribution is -0.0523. The maximum Gasteiger partial charge on any atom is 0.291 e. The number of pyridine rings is 1. The van der Waals surface area contributed by atoms with Crippen molar-refractivity contribution < 1.29 is 31.8 Å². The van der Waals surface area contributed by atoms with Crippen molar-refractivity contribution in [2.75, 3.05) is 37.9 Å². The van der Waals surface area contributed by atoms with Crippen molar-refractivity contribution in [3.63, 3.8) is 0 Å². The molecule has 0 amide bonds. The van der Waals surface area contributed by atoms with Crippen LogP contribution in [0.3, 0.4) is 0 Å². The van der Waals surface area contributed by atoms with E-state index in [-0.39, 0.29) is 35.8 Å². The van der Waals surface area contributed by atoms with Gasteiger partial charge in [0.05, 0.1) is 50.0 Å². The smallest absolute Gasteiger partial charge is 0.291 e. The number of ether oxygens (including phenoxy) is 2. The number of anilines is 1. The lowest BCUT2D eigenvalue weighted by Gasteiger charge is -2.39. The summed E-state index contributed by atoms with van der Waals surface area (Å²) in [5, 5.41) is 16.8. The number of alkyl halides is 2. The van der Waals surface area contributed by atoms with Crippen LogP contribution in [0.5, 0.6) is 0 Å². The van der Waals surface area contributed by atoms with Gasteiger partial charge in [0.25, 0.3) is 6.43 Å². The Morgan fingerprint density at radius 2 is 2.14 bits per heavy atom. The van der Waals surface area contributed by atoms with Gasteiger partial charge in [-0.2, -0.15) is 0 Å². The molecule has 0 aromatic carbocycles. The first-order valence-electron chi connectivity index (χ1n) is 10.8. The molecule has 0 unspecified atom stereocenters. The molecule has 5 rings (SSSR count). The Hall–Kier alpha value is -2.30. The number of fused-ring (bicyclic) bond motifs is 1. The number of aliphatic hydroxyl groups is 1. The number of nitrogens with one attached hydrogen (secondary N) is 1. The summed E-state index contributed by atoms with van der Waals surface area (Å²) in [6.45, 7) is 4.60. The zero-order chi connectivity index (χ0) is 25.0. The van der Waals surface area contributed by atoms with E-state index in [2.05, 4.69) is 19.9 Å². The Morgan fingerprint density at radius 1 is 1.37 bits per heavy atom. The zero-order valence-electron chi connectivity index (χ0n) is 18.9. The highest BCUT2D eigenvalue weighted by atomic mass is 32.2. The van der Waals surface area contributed by atoms with Gasteiger partial charge < -0.3 is 19.5 Å². The lowest BCUT2D eigenvalue weighted by atomic mass is 10.0. The quantitative estimate of drug-likeness (QED) is 0.466. The number of imidazole rings is 1. The summed E-state index contributed by atoms with van der Waals surface area (Å²) in [7, 11) is -3.99. The van der Waals surface area contributed by atoms with Gasteiger partial charge >= 0.3 is 0 Å². The fraction of sp³-hybridized carbons (Fsp3) is 0.550. The van der Waals surface area contributed by atoms with Crippen molar-refractivity contribution in [2.45, 2.75) is 42.9 Å². The Kier molecular flexibility index (Phi) is 6.26. The van der Waals surface area contributed by atoms with Crippen molar-refractivity contribution >= 4 is 32.7 Å². The predicted molar refractivity (Wildman–Crippen MR) is 122 cm³/mol. The standard InChI is InChI=1S/C20H24F2N6O5S2/c1-11-8-33-12(7-29)5-27(11)14-3-13(35(30,31)26-20(2)9-32-10-20)6-28-15(4-23-17(14)28)18-24-25-19(34-18)16(21)22/h3-4,6,11-12,16,26,29H,5,7-10H2,1-2H3/t11-,12+/m0/s1. The van der Waals surface area contributed by atoms with Gasteiger partial charge in [0.1, 0.15) is 10.6 Å². The molecular formula is C20H24F2N6O5S2. The van der Waals surface area contributed by atoms with Crippen LogP contribution in [0.1, 0.15) is 25.3 Å². The third kappa shape index (κ3) is 4.51. The number of rotatable bonds is 7. The number of sulfonamides is 1. The molecule has 35 heavy (non-hydrogen) atoms. The van der Waals surface area contributed by atoms with E-state index in [9.17, 15) is 22.3 Å². The average molecular weight is 531 g/mol. The van der Waals surface area contributed by atoms with Crippen LogP contribution in [0.15, 0.2) is 23.4 Å². The third-order valence-electron chi connectivity index (χ3n) is 5.96. The molecule has 0 spiro atoms. The van der Waals surface area contributed by atoms with Crippen LogP contribution in [0.25, 0.3) is 16.3 Å². The SMILES string of the molecule is C[C@H]1CO[C@@H](CO)CN1c1cc(S(=O)(=O)NC2(C)COC2)cn2c(-c3nnc(C(F)F)s3)cnc12. The van der Waals surface area contributed by atoms with Gasteiger partial charge in [0.2, 0.25) is 10.0 Å². The summed E-state index contributed by atoms with van der Waals surface area (Å²) in [5.41, 5.74) is 0.518. The fourth-order valence-electron chi connectivity index (χ4n) is 4.10. The van der Waals surface area contributed by atoms with Crippen LogP contribution >= 0.6 is 11.3 Å². The molecule has 2 atom stereocenters. The predicted octanol–water partition coefficient (Wildman–Crippen LogP) is 1.44. The van der Waals surface area contributed by atoms with Gasteiger partial charge in [0, 0.05) is 18.8 Å². The van der Waals surface area contributed by atoms with Crippen molar-refractivity contribution in [1.29, 1.82) is 0 Å². The number of hydrogen-bond acceptors (Lipinski definition) is 10. The van der Waals surface area contributed by atoms with Crippen molar-refractivity contribution in [3.8, 4) is 10.7 Å². The van der Waals surface area contributed by atoms with Crippen LogP contribution in [0.2, 0.25) is 0 Å². The van der Waals surface area contributed by atoms with Crippen LogP contribution in [-0.4, -0.2) is 83.8 Å². The van der Waals surface area contributed by atoms with Crippen molar-refractivity contribution in [1.82, 2.24) is 24.3 Å². The van der Waals surface area contributed by atoms with E-state index in [4.69, 9.17) is 9.47 Å². The second-order valence-electron chi connectivity index (χ2n) is 8.94. The Balaban J connectivity index is 1.66. The summed E-state index contributed by atoms with van der Waals surface area (Å²) in [4.78, 5) is 6.36. The van der Waals surface area contributed by atoms with E-state index in [1.165, 1.54) is 22.9 Å². The summed E-state index contributed by atoms with van der Waals surface area (Å²) >= 11 is 0.714. The number of morpholine rings is 1. The minimum atomic E-state index is -3.99. The van der Waals surface area contributed by atoms with Crippen molar-refractivity contribution in [2.24, 2.45) is 0 Å². The normalized spacial score (nSPS) is 22.6. The van der Waals surface area contributed by atoms with Gasteiger partial charge in [0.15, 0.2) is 15.7 Å². The Labute approximate surface area is 203 Å². The highest BCUT2D eigenvalue weighted by Crippen LogP contribution is 2.35. The second kappa shape index (κ2) is 8.97. The highest BCUT2D eigenvalue weighted by molar-refractivity contribution is 7.89. The summed E-state index contributed by atoms with van der Waals surface area (Å²) in [6, 6.07) is 1.38. The van der Waals surface area contributed by atoms with E-state index >= 15 is 0 Å². The molecular weight excluding hydrogens is 506 g/mol. The van der Waals surface area contributed by atoms with Gasteiger partial charge in [-0.3, -0.25) is 4.40 Å². The minimum absolute atomic E-state index is 0.0368. The highest BCUT2D eigenvalue weighted by Gasteiger charge is 2.38. The monoisotopic (exact) mass is 530 g/mol. The van der Waals surface area contributed by atoms with Gasteiger partial charge in [-0.15, -0.1) is 10.2 Å². The molecule has 2 aliphatic heterocycles. The molecule has 0 saturated carbocycles. The molecule has 11 nitrogen and oxygen atoms in total. The molecule has 2 N–H and O–H groups in total. The van der Waals surface area contributed by atoms with Crippen LogP contribution in [0, 0.1) is 0 Å². The first kappa shape index (κ1) is 24.4. The summed E-state index contributed by atoms with van der Waals surface area (Å²) < 4.78 is 68.0.